The Morgan fingerprint density at radius 2 is 0.434 bits per heavy atom. The molecule has 6 heteroatoms. The molecule has 0 N–H and O–H groups in total. The lowest BCUT2D eigenvalue weighted by atomic mass is 10.1. The van der Waals surface area contributed by atoms with Crippen LogP contribution in [-0.2, 0) is 28.6 Å². The quantitative estimate of drug-likeness (QED) is 0.0261. The van der Waals surface area contributed by atoms with E-state index in [9.17, 15) is 14.4 Å². The number of unbranched alkanes of at least 4 members (excludes halogenated alkanes) is 11. The Kier molecular flexibility index (Phi) is 63.5. The van der Waals surface area contributed by atoms with Gasteiger partial charge in [-0.25, -0.2) is 0 Å². The van der Waals surface area contributed by atoms with Gasteiger partial charge in [-0.3, -0.25) is 14.4 Å². The van der Waals surface area contributed by atoms with Crippen molar-refractivity contribution in [2.24, 2.45) is 0 Å². The summed E-state index contributed by atoms with van der Waals surface area (Å²) in [6.45, 7) is 6.21. The number of carbonyl (C=O) groups excluding carboxylic acids is 3. The summed E-state index contributed by atoms with van der Waals surface area (Å²) in [5.74, 6) is -1.03. The van der Waals surface area contributed by atoms with E-state index in [1.54, 1.807) is 0 Å². The zero-order valence-corrected chi connectivity index (χ0v) is 52.6. The van der Waals surface area contributed by atoms with Crippen LogP contribution in [0.2, 0.25) is 0 Å². The molecule has 0 radical (unpaired) electrons. The Hall–Kier alpha value is -6.01. The Morgan fingerprint density at radius 3 is 0.711 bits per heavy atom. The van der Waals surface area contributed by atoms with E-state index in [1.165, 1.54) is 12.8 Å². The van der Waals surface area contributed by atoms with Crippen molar-refractivity contribution in [2.45, 2.75) is 245 Å². The highest BCUT2D eigenvalue weighted by Gasteiger charge is 2.19. The molecular formula is C77H116O6. The van der Waals surface area contributed by atoms with Crippen LogP contribution in [0.4, 0.5) is 0 Å². The summed E-state index contributed by atoms with van der Waals surface area (Å²) in [5.41, 5.74) is 0. The van der Waals surface area contributed by atoms with Gasteiger partial charge < -0.3 is 14.2 Å². The fraction of sp³-hybridized carbons (Fsp3) is 0.519. The Morgan fingerprint density at radius 1 is 0.241 bits per heavy atom. The maximum absolute atomic E-state index is 12.9. The molecule has 0 saturated carbocycles. The molecule has 0 bridgehead atoms. The molecule has 0 aromatic heterocycles. The van der Waals surface area contributed by atoms with Gasteiger partial charge in [0.1, 0.15) is 13.2 Å². The summed E-state index contributed by atoms with van der Waals surface area (Å²) >= 11 is 0. The molecule has 0 aliphatic heterocycles. The second-order valence-electron chi connectivity index (χ2n) is 20.5. The predicted molar refractivity (Wildman–Crippen MR) is 361 cm³/mol. The van der Waals surface area contributed by atoms with Crippen LogP contribution in [0.3, 0.4) is 0 Å². The van der Waals surface area contributed by atoms with Crippen molar-refractivity contribution in [3.05, 3.63) is 207 Å². The van der Waals surface area contributed by atoms with Gasteiger partial charge >= 0.3 is 17.9 Å². The van der Waals surface area contributed by atoms with Crippen molar-refractivity contribution >= 4 is 17.9 Å². The molecule has 83 heavy (non-hydrogen) atoms. The molecule has 0 fully saturated rings. The average molecular weight is 1140 g/mol. The van der Waals surface area contributed by atoms with Crippen LogP contribution in [-0.4, -0.2) is 37.2 Å². The summed E-state index contributed by atoms with van der Waals surface area (Å²) in [5, 5.41) is 0. The normalized spacial score (nSPS) is 13.5. The van der Waals surface area contributed by atoms with Crippen LogP contribution >= 0.6 is 0 Å². The number of allylic oxidation sites excluding steroid dienone is 34. The molecular weight excluding hydrogens is 1020 g/mol. The van der Waals surface area contributed by atoms with Gasteiger partial charge in [0.25, 0.3) is 0 Å². The van der Waals surface area contributed by atoms with E-state index in [0.717, 1.165) is 173 Å². The summed E-state index contributed by atoms with van der Waals surface area (Å²) in [7, 11) is 0. The Bertz CT molecular complexity index is 2030. The van der Waals surface area contributed by atoms with Crippen LogP contribution in [0.25, 0.3) is 0 Å². The lowest BCUT2D eigenvalue weighted by Gasteiger charge is -2.18. The summed E-state index contributed by atoms with van der Waals surface area (Å²) < 4.78 is 16.9. The lowest BCUT2D eigenvalue weighted by Crippen LogP contribution is -2.30. The van der Waals surface area contributed by atoms with Crippen LogP contribution in [0.5, 0.6) is 0 Å². The highest BCUT2D eigenvalue weighted by Crippen LogP contribution is 2.13. The first-order valence-corrected chi connectivity index (χ1v) is 32.6. The SMILES string of the molecule is CC/C=C\C/C=C\C/C=C\C/C=C\C/C=C\C/C=C\C/C=C\C/C=C\CCCCC(=O)OCC(COC(=O)CCCCCCCC/C=C\C/C=C\C/C=C\C/C=C\CC)OC(=O)CCCCC/C=C\C/C=C\C/C=C\C/C=C\C/C=C\CC. The van der Waals surface area contributed by atoms with E-state index < -0.39 is 6.10 Å². The third kappa shape index (κ3) is 66.7. The maximum Gasteiger partial charge on any atom is 0.306 e. The monoisotopic (exact) mass is 1140 g/mol. The fourth-order valence-corrected chi connectivity index (χ4v) is 8.00. The molecule has 0 heterocycles. The Labute approximate surface area is 509 Å². The molecule has 460 valence electrons. The minimum atomic E-state index is -0.836. The van der Waals surface area contributed by atoms with Crippen molar-refractivity contribution < 1.29 is 28.6 Å². The second-order valence-corrected chi connectivity index (χ2v) is 20.5. The molecule has 0 saturated heterocycles. The largest absolute Gasteiger partial charge is 0.462 e. The standard InChI is InChI=1S/C77H116O6/c1-4-7-10-13-16-19-22-25-28-31-34-35-36-37-38-39-40-41-44-46-49-52-55-58-61-64-67-70-76(79)82-73-74(83-77(80)71-68-65-62-59-56-53-50-47-43-33-30-27-24-21-18-15-12-9-6-3)72-81-75(78)69-66-63-60-57-54-51-48-45-42-32-29-26-23-20-17-14-11-8-5-2/h7-12,16-21,25-30,34-35,37-38,40-43,45-47,49,53,55-56,58,74H,4-6,13-15,22-24,31-33,36,39,44,48,50-52,54,57,59-73H2,1-3H3/b10-7-,11-8-,12-9-,19-16-,20-17-,21-18-,28-25-,29-26-,30-27-,35-34-,38-37-,41-40-,45-42-,47-43-,49-46-,56-53-,58-55-. The minimum absolute atomic E-state index is 0.125. The first-order valence-electron chi connectivity index (χ1n) is 32.6. The molecule has 1 unspecified atom stereocenters. The van der Waals surface area contributed by atoms with Crippen molar-refractivity contribution in [2.75, 3.05) is 13.2 Å². The first-order chi connectivity index (χ1) is 41.0. The molecule has 0 aliphatic carbocycles. The number of ether oxygens (including phenoxy) is 3. The highest BCUT2D eigenvalue weighted by atomic mass is 16.6. The van der Waals surface area contributed by atoms with Gasteiger partial charge in [0.05, 0.1) is 0 Å². The smallest absolute Gasteiger partial charge is 0.306 e. The van der Waals surface area contributed by atoms with Gasteiger partial charge in [0, 0.05) is 19.3 Å². The van der Waals surface area contributed by atoms with Crippen LogP contribution in [0.1, 0.15) is 239 Å². The third-order valence-electron chi connectivity index (χ3n) is 12.8. The van der Waals surface area contributed by atoms with Gasteiger partial charge in [-0.05, 0) is 167 Å². The summed E-state index contributed by atoms with van der Waals surface area (Å²) in [6, 6.07) is 0. The average Bonchev–Trinajstić information content (AvgIpc) is 3.50. The Balaban J connectivity index is 4.59. The van der Waals surface area contributed by atoms with Gasteiger partial charge in [0.15, 0.2) is 6.10 Å². The van der Waals surface area contributed by atoms with Gasteiger partial charge in [-0.15, -0.1) is 0 Å². The molecule has 0 aromatic rings. The first kappa shape index (κ1) is 77.0. The maximum atomic E-state index is 12.9. The van der Waals surface area contributed by atoms with E-state index in [2.05, 4.69) is 227 Å². The third-order valence-corrected chi connectivity index (χ3v) is 12.8. The van der Waals surface area contributed by atoms with Gasteiger partial charge in [0.2, 0.25) is 0 Å². The van der Waals surface area contributed by atoms with Gasteiger partial charge in [-0.1, -0.05) is 259 Å². The lowest BCUT2D eigenvalue weighted by molar-refractivity contribution is -0.167. The molecule has 0 amide bonds. The number of hydrogen-bond acceptors (Lipinski definition) is 6. The molecule has 0 spiro atoms. The molecule has 1 atom stereocenters. The van der Waals surface area contributed by atoms with Gasteiger partial charge in [-0.2, -0.15) is 0 Å². The summed E-state index contributed by atoms with van der Waals surface area (Å²) in [6.07, 6.45) is 105. The van der Waals surface area contributed by atoms with Crippen molar-refractivity contribution in [1.82, 2.24) is 0 Å². The number of esters is 3. The predicted octanol–water partition coefficient (Wildman–Crippen LogP) is 22.8. The fourth-order valence-electron chi connectivity index (χ4n) is 8.00. The van der Waals surface area contributed by atoms with E-state index in [1.807, 2.05) is 0 Å². The van der Waals surface area contributed by atoms with Crippen molar-refractivity contribution in [1.29, 1.82) is 0 Å². The number of rotatable bonds is 56. The van der Waals surface area contributed by atoms with Crippen LogP contribution in [0, 0.1) is 0 Å². The van der Waals surface area contributed by atoms with E-state index in [0.29, 0.717) is 19.3 Å². The second kappa shape index (κ2) is 68.5. The van der Waals surface area contributed by atoms with E-state index >= 15 is 0 Å². The summed E-state index contributed by atoms with van der Waals surface area (Å²) in [4.78, 5) is 38.4. The van der Waals surface area contributed by atoms with Crippen LogP contribution in [0.15, 0.2) is 207 Å². The number of hydrogen-bond donors (Lipinski definition) is 0. The topological polar surface area (TPSA) is 78.9 Å². The van der Waals surface area contributed by atoms with Crippen molar-refractivity contribution in [3.63, 3.8) is 0 Å². The van der Waals surface area contributed by atoms with Crippen LogP contribution < -0.4 is 0 Å². The van der Waals surface area contributed by atoms with E-state index in [-0.39, 0.29) is 44.0 Å². The minimum Gasteiger partial charge on any atom is -0.462 e. The zero-order valence-electron chi connectivity index (χ0n) is 52.6. The molecule has 0 aromatic carbocycles. The molecule has 0 rings (SSSR count). The number of carbonyl (C=O) groups is 3. The molecule has 0 aliphatic rings. The van der Waals surface area contributed by atoms with E-state index in [4.69, 9.17) is 14.2 Å². The molecule has 6 nitrogen and oxygen atoms in total. The zero-order chi connectivity index (χ0) is 59.9. The van der Waals surface area contributed by atoms with Crippen molar-refractivity contribution in [3.8, 4) is 0 Å². The highest BCUT2D eigenvalue weighted by molar-refractivity contribution is 5.71.